The van der Waals surface area contributed by atoms with Gasteiger partial charge in [-0.25, -0.2) is 8.42 Å². The van der Waals surface area contributed by atoms with E-state index in [9.17, 15) is 13.2 Å². The maximum atomic E-state index is 12.3. The van der Waals surface area contributed by atoms with Crippen LogP contribution in [0.3, 0.4) is 0 Å². The SMILES string of the molecule is CC1CN(C(=O)CCN)c2ccc(Br)cc2S1(=O)=O. The summed E-state index contributed by atoms with van der Waals surface area (Å²) in [5.41, 5.74) is 5.84. The van der Waals surface area contributed by atoms with Gasteiger partial charge in [-0.2, -0.15) is 0 Å². The molecule has 1 aromatic carbocycles. The predicted molar refractivity (Wildman–Crippen MR) is 76.8 cm³/mol. The lowest BCUT2D eigenvalue weighted by Gasteiger charge is -2.33. The monoisotopic (exact) mass is 346 g/mol. The molecule has 0 saturated heterocycles. The van der Waals surface area contributed by atoms with E-state index in [1.165, 1.54) is 4.90 Å². The number of rotatable bonds is 2. The number of anilines is 1. The van der Waals surface area contributed by atoms with Crippen molar-refractivity contribution in [1.82, 2.24) is 0 Å². The van der Waals surface area contributed by atoms with Gasteiger partial charge in [0.05, 0.1) is 15.8 Å². The maximum Gasteiger partial charge on any atom is 0.228 e. The van der Waals surface area contributed by atoms with Gasteiger partial charge in [0.25, 0.3) is 0 Å². The molecular formula is C12H15BrN2O3S. The summed E-state index contributed by atoms with van der Waals surface area (Å²) in [7, 11) is -3.38. The lowest BCUT2D eigenvalue weighted by molar-refractivity contribution is -0.118. The summed E-state index contributed by atoms with van der Waals surface area (Å²) >= 11 is 3.26. The summed E-state index contributed by atoms with van der Waals surface area (Å²) in [6.45, 7) is 2.04. The average Bonchev–Trinajstić information content (AvgIpc) is 2.34. The highest BCUT2D eigenvalue weighted by Crippen LogP contribution is 2.35. The summed E-state index contributed by atoms with van der Waals surface area (Å²) < 4.78 is 25.3. The van der Waals surface area contributed by atoms with Crippen molar-refractivity contribution in [2.24, 2.45) is 5.73 Å². The zero-order valence-corrected chi connectivity index (χ0v) is 12.9. The van der Waals surface area contributed by atoms with E-state index in [4.69, 9.17) is 5.73 Å². The zero-order chi connectivity index (χ0) is 14.2. The first kappa shape index (κ1) is 14.5. The second-order valence-electron chi connectivity index (χ2n) is 4.51. The molecule has 104 valence electrons. The van der Waals surface area contributed by atoms with Gasteiger partial charge < -0.3 is 10.6 Å². The topological polar surface area (TPSA) is 80.5 Å². The minimum Gasteiger partial charge on any atom is -0.330 e. The molecular weight excluding hydrogens is 332 g/mol. The molecule has 0 fully saturated rings. The van der Waals surface area contributed by atoms with Crippen LogP contribution in [0, 0.1) is 0 Å². The summed E-state index contributed by atoms with van der Waals surface area (Å²) in [4.78, 5) is 13.8. The van der Waals surface area contributed by atoms with Gasteiger partial charge >= 0.3 is 0 Å². The van der Waals surface area contributed by atoms with Crippen molar-refractivity contribution >= 4 is 37.4 Å². The number of halogens is 1. The van der Waals surface area contributed by atoms with Gasteiger partial charge in [-0.3, -0.25) is 4.79 Å². The first-order chi connectivity index (χ1) is 8.87. The van der Waals surface area contributed by atoms with Crippen LogP contribution in [0.2, 0.25) is 0 Å². The first-order valence-electron chi connectivity index (χ1n) is 5.92. The number of benzene rings is 1. The van der Waals surface area contributed by atoms with Gasteiger partial charge in [0, 0.05) is 24.0 Å². The fourth-order valence-electron chi connectivity index (χ4n) is 2.10. The number of carbonyl (C=O) groups excluding carboxylic acids is 1. The van der Waals surface area contributed by atoms with E-state index in [0.717, 1.165) is 0 Å². The van der Waals surface area contributed by atoms with Gasteiger partial charge in [-0.05, 0) is 25.1 Å². The van der Waals surface area contributed by atoms with Crippen molar-refractivity contribution in [3.05, 3.63) is 22.7 Å². The van der Waals surface area contributed by atoms with Crippen LogP contribution in [-0.4, -0.2) is 32.7 Å². The molecule has 1 unspecified atom stereocenters. The van der Waals surface area contributed by atoms with Crippen molar-refractivity contribution in [3.8, 4) is 0 Å². The molecule has 2 N–H and O–H groups in total. The van der Waals surface area contributed by atoms with Crippen molar-refractivity contribution in [1.29, 1.82) is 0 Å². The van der Waals surface area contributed by atoms with Crippen molar-refractivity contribution in [2.45, 2.75) is 23.5 Å². The zero-order valence-electron chi connectivity index (χ0n) is 10.5. The number of fused-ring (bicyclic) bond motifs is 1. The number of nitrogens with two attached hydrogens (primary N) is 1. The molecule has 2 rings (SSSR count). The summed E-state index contributed by atoms with van der Waals surface area (Å²) in [5, 5.41) is -0.615. The molecule has 0 saturated carbocycles. The van der Waals surface area contributed by atoms with Gasteiger partial charge in [-0.15, -0.1) is 0 Å². The standard InChI is InChI=1S/C12H15BrN2O3S/c1-8-7-15(12(16)4-5-14)10-3-2-9(13)6-11(10)19(8,17)18/h2-3,6,8H,4-5,7,14H2,1H3. The fourth-order valence-corrected chi connectivity index (χ4v) is 4.16. The van der Waals surface area contributed by atoms with E-state index < -0.39 is 15.1 Å². The summed E-state index contributed by atoms with van der Waals surface area (Å²) in [6, 6.07) is 4.92. The van der Waals surface area contributed by atoms with Crippen LogP contribution in [0.5, 0.6) is 0 Å². The molecule has 0 radical (unpaired) electrons. The minimum atomic E-state index is -3.38. The molecule has 1 amide bonds. The molecule has 5 nitrogen and oxygen atoms in total. The van der Waals surface area contributed by atoms with Gasteiger partial charge in [0.15, 0.2) is 9.84 Å². The van der Waals surface area contributed by atoms with Crippen molar-refractivity contribution in [3.63, 3.8) is 0 Å². The lowest BCUT2D eigenvalue weighted by atomic mass is 10.2. The van der Waals surface area contributed by atoms with E-state index in [1.54, 1.807) is 25.1 Å². The summed E-state index contributed by atoms with van der Waals surface area (Å²) in [6.07, 6.45) is 0.211. The Kier molecular flexibility index (Phi) is 3.98. The van der Waals surface area contributed by atoms with Crippen LogP contribution < -0.4 is 10.6 Å². The molecule has 1 heterocycles. The van der Waals surface area contributed by atoms with Gasteiger partial charge in [0.2, 0.25) is 5.91 Å². The predicted octanol–water partition coefficient (Wildman–Crippen LogP) is 1.31. The van der Waals surface area contributed by atoms with E-state index in [0.29, 0.717) is 10.2 Å². The van der Waals surface area contributed by atoms with Crippen LogP contribution in [0.15, 0.2) is 27.6 Å². The van der Waals surface area contributed by atoms with E-state index >= 15 is 0 Å². The Bertz CT molecular complexity index is 615. The molecule has 1 aromatic rings. The minimum absolute atomic E-state index is 0.146. The number of hydrogen-bond acceptors (Lipinski definition) is 4. The largest absolute Gasteiger partial charge is 0.330 e. The molecule has 1 aliphatic heterocycles. The number of carbonyl (C=O) groups is 1. The smallest absolute Gasteiger partial charge is 0.228 e. The number of nitrogens with zero attached hydrogens (tertiary/aromatic N) is 1. The Morgan fingerprint density at radius 3 is 2.84 bits per heavy atom. The van der Waals surface area contributed by atoms with Gasteiger partial charge in [0.1, 0.15) is 0 Å². The summed E-state index contributed by atoms with van der Waals surface area (Å²) in [5.74, 6) is -0.146. The number of hydrogen-bond donors (Lipinski definition) is 1. The van der Waals surface area contributed by atoms with Crippen LogP contribution >= 0.6 is 15.9 Å². The Hall–Kier alpha value is -0.920. The van der Waals surface area contributed by atoms with Crippen LogP contribution in [0.25, 0.3) is 0 Å². The molecule has 7 heteroatoms. The molecule has 0 spiro atoms. The van der Waals surface area contributed by atoms with E-state index in [2.05, 4.69) is 15.9 Å². The molecule has 1 atom stereocenters. The van der Waals surface area contributed by atoms with Crippen LogP contribution in [-0.2, 0) is 14.6 Å². The Labute approximate surface area is 120 Å². The van der Waals surface area contributed by atoms with Gasteiger partial charge in [-0.1, -0.05) is 15.9 Å². The fraction of sp³-hybridized carbons (Fsp3) is 0.417. The molecule has 0 aliphatic carbocycles. The van der Waals surface area contributed by atoms with Crippen LogP contribution in [0.4, 0.5) is 5.69 Å². The highest BCUT2D eigenvalue weighted by molar-refractivity contribution is 9.10. The highest BCUT2D eigenvalue weighted by Gasteiger charge is 2.36. The third kappa shape index (κ3) is 2.54. The van der Waals surface area contributed by atoms with Crippen LogP contribution in [0.1, 0.15) is 13.3 Å². The van der Waals surface area contributed by atoms with E-state index in [-0.39, 0.29) is 30.3 Å². The first-order valence-corrected chi connectivity index (χ1v) is 8.25. The van der Waals surface area contributed by atoms with Crippen molar-refractivity contribution < 1.29 is 13.2 Å². The highest BCUT2D eigenvalue weighted by atomic mass is 79.9. The Morgan fingerprint density at radius 2 is 2.21 bits per heavy atom. The number of sulfone groups is 1. The lowest BCUT2D eigenvalue weighted by Crippen LogP contribution is -2.44. The van der Waals surface area contributed by atoms with Crippen molar-refractivity contribution in [2.75, 3.05) is 18.0 Å². The third-order valence-electron chi connectivity index (χ3n) is 3.15. The van der Waals surface area contributed by atoms with E-state index in [1.807, 2.05) is 0 Å². The quantitative estimate of drug-likeness (QED) is 0.875. The molecule has 19 heavy (non-hydrogen) atoms. The molecule has 1 aliphatic rings. The second-order valence-corrected chi connectivity index (χ2v) is 7.76. The second kappa shape index (κ2) is 5.22. The molecule has 0 aromatic heterocycles. The maximum absolute atomic E-state index is 12.3. The Balaban J connectivity index is 2.57. The Morgan fingerprint density at radius 1 is 1.53 bits per heavy atom. The normalized spacial score (nSPS) is 21.0. The third-order valence-corrected chi connectivity index (χ3v) is 5.79. The average molecular weight is 347 g/mol. The number of amides is 1. The molecule has 0 bridgehead atoms.